The van der Waals surface area contributed by atoms with E-state index in [1.165, 1.54) is 15.9 Å². The standard InChI is InChI=1S/C15H13NO4S/c1-9-7-12-13(21-9)16(15(18)20-14(12)17)8-10-3-5-11(19-2)6-4-10/h3-7H,8H2,1-2H3. The predicted molar refractivity (Wildman–Crippen MR) is 81.5 cm³/mol. The molecule has 0 aliphatic rings. The van der Waals surface area contributed by atoms with Crippen LogP contribution in [0.3, 0.4) is 0 Å². The van der Waals surface area contributed by atoms with E-state index >= 15 is 0 Å². The maximum Gasteiger partial charge on any atom is 0.423 e. The molecule has 0 N–H and O–H groups in total. The Morgan fingerprint density at radius 3 is 2.62 bits per heavy atom. The number of hydrogen-bond acceptors (Lipinski definition) is 5. The minimum atomic E-state index is -0.634. The molecule has 2 heterocycles. The predicted octanol–water partition coefficient (Wildman–Crippen LogP) is 2.38. The monoisotopic (exact) mass is 303 g/mol. The van der Waals surface area contributed by atoms with Gasteiger partial charge in [0, 0.05) is 4.88 Å². The van der Waals surface area contributed by atoms with E-state index in [9.17, 15) is 9.59 Å². The average Bonchev–Trinajstić information content (AvgIpc) is 2.86. The maximum atomic E-state index is 12.0. The second-order valence-electron chi connectivity index (χ2n) is 4.67. The second-order valence-corrected chi connectivity index (χ2v) is 5.90. The van der Waals surface area contributed by atoms with Crippen molar-refractivity contribution in [3.8, 4) is 5.75 Å². The van der Waals surface area contributed by atoms with Crippen molar-refractivity contribution in [1.29, 1.82) is 0 Å². The molecule has 0 amide bonds. The van der Waals surface area contributed by atoms with Crippen LogP contribution in [0.1, 0.15) is 10.4 Å². The Bertz CT molecular complexity index is 902. The van der Waals surface area contributed by atoms with Crippen molar-refractivity contribution in [2.75, 3.05) is 7.11 Å². The molecule has 3 aromatic rings. The lowest BCUT2D eigenvalue weighted by molar-refractivity contribution is 0.414. The summed E-state index contributed by atoms with van der Waals surface area (Å²) < 4.78 is 11.4. The van der Waals surface area contributed by atoms with Crippen molar-refractivity contribution in [3.63, 3.8) is 0 Å². The van der Waals surface area contributed by atoms with Crippen LogP contribution in [0, 0.1) is 6.92 Å². The normalized spacial score (nSPS) is 11.0. The second kappa shape index (κ2) is 5.21. The number of aromatic nitrogens is 1. The van der Waals surface area contributed by atoms with Gasteiger partial charge in [-0.2, -0.15) is 0 Å². The summed E-state index contributed by atoms with van der Waals surface area (Å²) in [5.41, 5.74) is 0.351. The van der Waals surface area contributed by atoms with Gasteiger partial charge in [0.05, 0.1) is 19.0 Å². The molecule has 0 aliphatic carbocycles. The highest BCUT2D eigenvalue weighted by Crippen LogP contribution is 2.22. The fourth-order valence-electron chi connectivity index (χ4n) is 2.17. The van der Waals surface area contributed by atoms with E-state index in [1.807, 2.05) is 31.2 Å². The average molecular weight is 303 g/mol. The molecular formula is C15H13NO4S. The summed E-state index contributed by atoms with van der Waals surface area (Å²) >= 11 is 1.41. The van der Waals surface area contributed by atoms with Crippen LogP contribution in [0.15, 0.2) is 44.3 Å². The van der Waals surface area contributed by atoms with E-state index < -0.39 is 11.4 Å². The summed E-state index contributed by atoms with van der Waals surface area (Å²) in [4.78, 5) is 25.3. The van der Waals surface area contributed by atoms with Crippen LogP contribution in [-0.4, -0.2) is 11.7 Å². The molecular weight excluding hydrogens is 290 g/mol. The van der Waals surface area contributed by atoms with Crippen molar-refractivity contribution in [1.82, 2.24) is 4.57 Å². The fourth-order valence-corrected chi connectivity index (χ4v) is 3.15. The Kier molecular flexibility index (Phi) is 3.39. The van der Waals surface area contributed by atoms with E-state index in [0.717, 1.165) is 16.2 Å². The van der Waals surface area contributed by atoms with Gasteiger partial charge in [0.1, 0.15) is 10.6 Å². The Labute approximate surface area is 124 Å². The molecule has 0 unspecified atom stereocenters. The molecule has 3 rings (SSSR count). The Balaban J connectivity index is 2.11. The van der Waals surface area contributed by atoms with Crippen LogP contribution in [0.5, 0.6) is 5.75 Å². The third-order valence-corrected chi connectivity index (χ3v) is 4.27. The van der Waals surface area contributed by atoms with Gasteiger partial charge < -0.3 is 9.15 Å². The first-order chi connectivity index (χ1) is 10.1. The Hall–Kier alpha value is -2.34. The van der Waals surface area contributed by atoms with Crippen LogP contribution >= 0.6 is 11.3 Å². The number of rotatable bonds is 3. The highest BCUT2D eigenvalue weighted by molar-refractivity contribution is 7.18. The Morgan fingerprint density at radius 1 is 1.24 bits per heavy atom. The summed E-state index contributed by atoms with van der Waals surface area (Å²) in [6.07, 6.45) is 0. The highest BCUT2D eigenvalue weighted by Gasteiger charge is 2.12. The van der Waals surface area contributed by atoms with Gasteiger partial charge in [-0.1, -0.05) is 12.1 Å². The maximum absolute atomic E-state index is 12.0. The molecule has 0 saturated heterocycles. The number of methoxy groups -OCH3 is 1. The SMILES string of the molecule is COc1ccc(Cn2c(=O)oc(=O)c3cc(C)sc32)cc1. The highest BCUT2D eigenvalue weighted by atomic mass is 32.1. The molecule has 0 fully saturated rings. The molecule has 1 aromatic carbocycles. The summed E-state index contributed by atoms with van der Waals surface area (Å²) in [6, 6.07) is 9.16. The van der Waals surface area contributed by atoms with Crippen molar-refractivity contribution in [2.24, 2.45) is 0 Å². The fraction of sp³-hybridized carbons (Fsp3) is 0.200. The first-order valence-corrected chi connectivity index (χ1v) is 7.17. The number of benzene rings is 1. The van der Waals surface area contributed by atoms with Gasteiger partial charge in [-0.15, -0.1) is 11.3 Å². The molecule has 0 saturated carbocycles. The summed E-state index contributed by atoms with van der Waals surface area (Å²) in [6.45, 7) is 2.25. The van der Waals surface area contributed by atoms with Crippen molar-refractivity contribution in [3.05, 3.63) is 61.7 Å². The molecule has 6 heteroatoms. The number of thiophene rings is 1. The van der Waals surface area contributed by atoms with E-state index in [2.05, 4.69) is 0 Å². The smallest absolute Gasteiger partial charge is 0.423 e. The number of aryl methyl sites for hydroxylation is 1. The third kappa shape index (κ3) is 2.50. The zero-order valence-corrected chi connectivity index (χ0v) is 12.4. The molecule has 5 nitrogen and oxygen atoms in total. The van der Waals surface area contributed by atoms with Crippen LogP contribution in [0.2, 0.25) is 0 Å². The minimum absolute atomic E-state index is 0.350. The lowest BCUT2D eigenvalue weighted by Gasteiger charge is -2.06. The minimum Gasteiger partial charge on any atom is -0.497 e. The van der Waals surface area contributed by atoms with Gasteiger partial charge in [-0.25, -0.2) is 9.59 Å². The summed E-state index contributed by atoms with van der Waals surface area (Å²) in [5, 5.41) is 0.450. The Morgan fingerprint density at radius 2 is 1.95 bits per heavy atom. The molecule has 0 atom stereocenters. The lowest BCUT2D eigenvalue weighted by atomic mass is 10.2. The largest absolute Gasteiger partial charge is 0.497 e. The van der Waals surface area contributed by atoms with E-state index in [1.54, 1.807) is 13.2 Å². The zero-order chi connectivity index (χ0) is 15.0. The van der Waals surface area contributed by atoms with Crippen molar-refractivity contribution >= 4 is 21.6 Å². The lowest BCUT2D eigenvalue weighted by Crippen LogP contribution is -2.24. The molecule has 0 bridgehead atoms. The van der Waals surface area contributed by atoms with Gasteiger partial charge in [0.2, 0.25) is 0 Å². The topological polar surface area (TPSA) is 61.4 Å². The molecule has 21 heavy (non-hydrogen) atoms. The van der Waals surface area contributed by atoms with Gasteiger partial charge >= 0.3 is 11.4 Å². The molecule has 108 valence electrons. The summed E-state index contributed by atoms with van der Waals surface area (Å²) in [5.74, 6) is 0.118. The molecule has 0 spiro atoms. The number of hydrogen-bond donors (Lipinski definition) is 0. The van der Waals surface area contributed by atoms with Crippen LogP contribution in [0.25, 0.3) is 10.2 Å². The number of fused-ring (bicyclic) bond motifs is 1. The van der Waals surface area contributed by atoms with E-state index in [0.29, 0.717) is 16.8 Å². The van der Waals surface area contributed by atoms with Crippen LogP contribution in [0.4, 0.5) is 0 Å². The van der Waals surface area contributed by atoms with Crippen LogP contribution < -0.4 is 16.1 Å². The molecule has 2 aromatic heterocycles. The van der Waals surface area contributed by atoms with E-state index in [4.69, 9.17) is 9.15 Å². The number of ether oxygens (including phenoxy) is 1. The third-order valence-electron chi connectivity index (χ3n) is 3.20. The summed E-state index contributed by atoms with van der Waals surface area (Å²) in [7, 11) is 1.60. The first-order valence-electron chi connectivity index (χ1n) is 6.35. The van der Waals surface area contributed by atoms with Gasteiger partial charge in [-0.3, -0.25) is 4.57 Å². The first kappa shape index (κ1) is 13.6. The van der Waals surface area contributed by atoms with Crippen molar-refractivity contribution < 1.29 is 9.15 Å². The zero-order valence-electron chi connectivity index (χ0n) is 11.6. The van der Waals surface area contributed by atoms with Gasteiger partial charge in [0.25, 0.3) is 0 Å². The number of nitrogens with zero attached hydrogens (tertiary/aromatic N) is 1. The van der Waals surface area contributed by atoms with E-state index in [-0.39, 0.29) is 0 Å². The van der Waals surface area contributed by atoms with Gasteiger partial charge in [-0.05, 0) is 30.7 Å². The van der Waals surface area contributed by atoms with Crippen LogP contribution in [-0.2, 0) is 6.54 Å². The molecule has 0 radical (unpaired) electrons. The van der Waals surface area contributed by atoms with Gasteiger partial charge in [0.15, 0.2) is 0 Å². The quantitative estimate of drug-likeness (QED) is 0.745. The molecule has 0 aliphatic heterocycles. The van der Waals surface area contributed by atoms with Crippen molar-refractivity contribution in [2.45, 2.75) is 13.5 Å².